The van der Waals surface area contributed by atoms with Crippen molar-refractivity contribution in [2.24, 2.45) is 16.8 Å². The molecule has 136 valence electrons. The molecule has 23 heavy (non-hydrogen) atoms. The molecule has 6 heteroatoms. The minimum absolute atomic E-state index is 0. The van der Waals surface area contributed by atoms with Gasteiger partial charge in [0.15, 0.2) is 5.96 Å². The van der Waals surface area contributed by atoms with Gasteiger partial charge in [-0.3, -0.25) is 4.99 Å². The predicted octanol–water partition coefficient (Wildman–Crippen LogP) is 2.79. The molecule has 0 aromatic rings. The summed E-state index contributed by atoms with van der Waals surface area (Å²) in [5, 5.41) is 6.95. The summed E-state index contributed by atoms with van der Waals surface area (Å²) in [5.74, 6) is 2.37. The van der Waals surface area contributed by atoms with Gasteiger partial charge in [0.1, 0.15) is 0 Å². The lowest BCUT2D eigenvalue weighted by atomic mass is 9.87. The lowest BCUT2D eigenvalue weighted by Crippen LogP contribution is -2.45. The molecule has 1 aliphatic carbocycles. The molecule has 0 aromatic heterocycles. The van der Waals surface area contributed by atoms with Gasteiger partial charge in [0.2, 0.25) is 0 Å². The fourth-order valence-electron chi connectivity index (χ4n) is 3.30. The van der Waals surface area contributed by atoms with Gasteiger partial charge in [-0.25, -0.2) is 0 Å². The number of nitrogens with zero attached hydrogens (tertiary/aromatic N) is 1. The third-order valence-corrected chi connectivity index (χ3v) is 4.64. The minimum Gasteiger partial charge on any atom is -0.381 e. The van der Waals surface area contributed by atoms with E-state index < -0.39 is 0 Å². The Balaban J connectivity index is 0.00000264. The number of nitrogens with one attached hydrogen (secondary N) is 2. The number of rotatable bonds is 7. The second kappa shape index (κ2) is 12.3. The van der Waals surface area contributed by atoms with Gasteiger partial charge in [-0.05, 0) is 31.6 Å². The maximum Gasteiger partial charge on any atom is 0.191 e. The minimum atomic E-state index is 0. The normalized spacial score (nSPS) is 28.3. The molecule has 0 amide bonds. The van der Waals surface area contributed by atoms with E-state index in [1.54, 1.807) is 0 Å². The van der Waals surface area contributed by atoms with Crippen molar-refractivity contribution in [3.8, 4) is 0 Å². The van der Waals surface area contributed by atoms with E-state index in [2.05, 4.69) is 22.5 Å². The smallest absolute Gasteiger partial charge is 0.191 e. The highest BCUT2D eigenvalue weighted by molar-refractivity contribution is 14.0. The van der Waals surface area contributed by atoms with Crippen LogP contribution in [0.2, 0.25) is 0 Å². The Kier molecular flexibility index (Phi) is 11.2. The van der Waals surface area contributed by atoms with E-state index in [9.17, 15) is 0 Å². The van der Waals surface area contributed by atoms with Gasteiger partial charge in [0.25, 0.3) is 0 Å². The van der Waals surface area contributed by atoms with Gasteiger partial charge < -0.3 is 20.1 Å². The van der Waals surface area contributed by atoms with Crippen molar-refractivity contribution in [3.05, 3.63) is 0 Å². The number of aliphatic imine (C=N–C) groups is 1. The standard InChI is InChI=1S/C17H33N3O2.HI/c1-14-5-3-6-16(11-14)20-17(18-2)19-8-4-9-21-12-15-7-10-22-13-15;/h14-16H,3-13H2,1-2H3,(H2,18,19,20);1H. The number of hydrogen-bond acceptors (Lipinski definition) is 3. The lowest BCUT2D eigenvalue weighted by Gasteiger charge is -2.28. The Hall–Kier alpha value is -0.0800. The topological polar surface area (TPSA) is 54.9 Å². The average molecular weight is 439 g/mol. The molecule has 0 radical (unpaired) electrons. The summed E-state index contributed by atoms with van der Waals surface area (Å²) in [6.07, 6.45) is 7.37. The van der Waals surface area contributed by atoms with Crippen LogP contribution >= 0.6 is 24.0 Å². The SMILES string of the molecule is CN=C(NCCCOCC1CCOC1)NC1CCCC(C)C1.I. The van der Waals surface area contributed by atoms with Crippen LogP contribution in [0.1, 0.15) is 45.4 Å². The molecule has 1 aliphatic heterocycles. The molecule has 3 unspecified atom stereocenters. The van der Waals surface area contributed by atoms with E-state index >= 15 is 0 Å². The summed E-state index contributed by atoms with van der Waals surface area (Å²) in [6.45, 7) is 6.67. The first-order valence-electron chi connectivity index (χ1n) is 8.90. The van der Waals surface area contributed by atoms with Crippen LogP contribution in [0.25, 0.3) is 0 Å². The first-order valence-corrected chi connectivity index (χ1v) is 8.90. The maximum atomic E-state index is 5.72. The third kappa shape index (κ3) is 8.54. The van der Waals surface area contributed by atoms with Crippen molar-refractivity contribution in [1.29, 1.82) is 0 Å². The highest BCUT2D eigenvalue weighted by Gasteiger charge is 2.19. The highest BCUT2D eigenvalue weighted by Crippen LogP contribution is 2.23. The van der Waals surface area contributed by atoms with E-state index in [1.165, 1.54) is 25.7 Å². The van der Waals surface area contributed by atoms with Crippen molar-refractivity contribution < 1.29 is 9.47 Å². The molecule has 0 aromatic carbocycles. The quantitative estimate of drug-likeness (QED) is 0.277. The summed E-state index contributed by atoms with van der Waals surface area (Å²) in [4.78, 5) is 4.33. The van der Waals surface area contributed by atoms with Gasteiger partial charge in [0.05, 0.1) is 13.2 Å². The van der Waals surface area contributed by atoms with E-state index in [-0.39, 0.29) is 24.0 Å². The van der Waals surface area contributed by atoms with Crippen LogP contribution in [0.15, 0.2) is 4.99 Å². The second-order valence-corrected chi connectivity index (χ2v) is 6.77. The third-order valence-electron chi connectivity index (χ3n) is 4.64. The van der Waals surface area contributed by atoms with Crippen molar-refractivity contribution in [2.45, 2.75) is 51.5 Å². The molecule has 2 N–H and O–H groups in total. The summed E-state index contributed by atoms with van der Waals surface area (Å²) >= 11 is 0. The molecule has 1 heterocycles. The van der Waals surface area contributed by atoms with Crippen molar-refractivity contribution in [3.63, 3.8) is 0 Å². The number of hydrogen-bond donors (Lipinski definition) is 2. The van der Waals surface area contributed by atoms with E-state index in [0.717, 1.165) is 57.7 Å². The van der Waals surface area contributed by atoms with E-state index in [0.29, 0.717) is 12.0 Å². The van der Waals surface area contributed by atoms with Gasteiger partial charge in [-0.15, -0.1) is 24.0 Å². The molecule has 1 saturated heterocycles. The van der Waals surface area contributed by atoms with Crippen LogP contribution in [-0.2, 0) is 9.47 Å². The summed E-state index contributed by atoms with van der Waals surface area (Å²) < 4.78 is 11.1. The van der Waals surface area contributed by atoms with Crippen LogP contribution in [0, 0.1) is 11.8 Å². The van der Waals surface area contributed by atoms with Gasteiger partial charge in [-0.1, -0.05) is 19.8 Å². The summed E-state index contributed by atoms with van der Waals surface area (Å²) in [6, 6.07) is 0.577. The second-order valence-electron chi connectivity index (χ2n) is 6.77. The molecular formula is C17H34IN3O2. The average Bonchev–Trinajstić information content (AvgIpc) is 3.03. The lowest BCUT2D eigenvalue weighted by molar-refractivity contribution is 0.0888. The summed E-state index contributed by atoms with van der Waals surface area (Å²) in [5.41, 5.74) is 0. The van der Waals surface area contributed by atoms with Crippen LogP contribution in [-0.4, -0.2) is 52.0 Å². The number of halogens is 1. The number of ether oxygens (including phenoxy) is 2. The molecule has 5 nitrogen and oxygen atoms in total. The van der Waals surface area contributed by atoms with Crippen LogP contribution in [0.3, 0.4) is 0 Å². The Morgan fingerprint density at radius 3 is 2.87 bits per heavy atom. The molecule has 0 bridgehead atoms. The van der Waals surface area contributed by atoms with Crippen molar-refractivity contribution >= 4 is 29.9 Å². The maximum absolute atomic E-state index is 5.72. The Bertz CT molecular complexity index is 336. The largest absolute Gasteiger partial charge is 0.381 e. The molecule has 2 aliphatic rings. The zero-order valence-electron chi connectivity index (χ0n) is 14.7. The molecule has 2 fully saturated rings. The van der Waals surface area contributed by atoms with Crippen LogP contribution < -0.4 is 10.6 Å². The van der Waals surface area contributed by atoms with Gasteiger partial charge in [0, 0.05) is 38.8 Å². The van der Waals surface area contributed by atoms with E-state index in [4.69, 9.17) is 9.47 Å². The first kappa shape index (κ1) is 21.0. The fraction of sp³-hybridized carbons (Fsp3) is 0.941. The Morgan fingerprint density at radius 2 is 2.17 bits per heavy atom. The first-order chi connectivity index (χ1) is 10.8. The molecule has 3 atom stereocenters. The fourth-order valence-corrected chi connectivity index (χ4v) is 3.30. The van der Waals surface area contributed by atoms with Gasteiger partial charge in [-0.2, -0.15) is 0 Å². The number of guanidine groups is 1. The molecular weight excluding hydrogens is 405 g/mol. The highest BCUT2D eigenvalue weighted by atomic mass is 127. The zero-order chi connectivity index (χ0) is 15.6. The Morgan fingerprint density at radius 1 is 1.30 bits per heavy atom. The molecule has 2 rings (SSSR count). The van der Waals surface area contributed by atoms with Crippen LogP contribution in [0.4, 0.5) is 0 Å². The Labute approximate surface area is 158 Å². The van der Waals surface area contributed by atoms with Crippen LogP contribution in [0.5, 0.6) is 0 Å². The monoisotopic (exact) mass is 439 g/mol. The van der Waals surface area contributed by atoms with E-state index in [1.807, 2.05) is 7.05 Å². The van der Waals surface area contributed by atoms with Gasteiger partial charge >= 0.3 is 0 Å². The molecule has 0 spiro atoms. The van der Waals surface area contributed by atoms with Crippen molar-refractivity contribution in [2.75, 3.05) is 40.0 Å². The summed E-state index contributed by atoms with van der Waals surface area (Å²) in [7, 11) is 1.85. The molecule has 1 saturated carbocycles. The zero-order valence-corrected chi connectivity index (χ0v) is 17.0. The van der Waals surface area contributed by atoms with Crippen molar-refractivity contribution in [1.82, 2.24) is 10.6 Å². The predicted molar refractivity (Wildman–Crippen MR) is 106 cm³/mol.